The van der Waals surface area contributed by atoms with Gasteiger partial charge in [-0.3, -0.25) is 4.90 Å². The third-order valence-corrected chi connectivity index (χ3v) is 7.40. The van der Waals surface area contributed by atoms with Gasteiger partial charge in [-0.1, -0.05) is 48.5 Å². The number of carboxylic acid groups (broad SMARTS) is 1. The second-order valence-corrected chi connectivity index (χ2v) is 9.39. The lowest BCUT2D eigenvalue weighted by Crippen LogP contribution is -2.47. The summed E-state index contributed by atoms with van der Waals surface area (Å²) in [4.78, 5) is 21.3. The highest BCUT2D eigenvalue weighted by Crippen LogP contribution is 2.40. The Hall–Kier alpha value is -3.29. The van der Waals surface area contributed by atoms with Gasteiger partial charge >= 0.3 is 6.16 Å². The lowest BCUT2D eigenvalue weighted by Gasteiger charge is -2.35. The van der Waals surface area contributed by atoms with Gasteiger partial charge in [-0.2, -0.15) is 0 Å². The maximum atomic E-state index is 11.0. The SMILES string of the molecule is O=C(O)Oc1cccnc1N1CCN(CCC=C2c3ccccc3CSc3ccccc32)CC1. The summed E-state index contributed by atoms with van der Waals surface area (Å²) in [6.07, 6.45) is 3.72. The Labute approximate surface area is 203 Å². The highest BCUT2D eigenvalue weighted by Gasteiger charge is 2.22. The molecule has 1 fully saturated rings. The third-order valence-electron chi connectivity index (χ3n) is 6.28. The molecule has 174 valence electrons. The molecule has 6 nitrogen and oxygen atoms in total. The molecule has 1 N–H and O–H groups in total. The van der Waals surface area contributed by atoms with Crippen LogP contribution in [0.3, 0.4) is 0 Å². The average molecular weight is 474 g/mol. The van der Waals surface area contributed by atoms with Gasteiger partial charge in [0.25, 0.3) is 0 Å². The molecule has 2 aromatic carbocycles. The Kier molecular flexibility index (Phi) is 6.83. The van der Waals surface area contributed by atoms with E-state index in [4.69, 9.17) is 9.84 Å². The van der Waals surface area contributed by atoms with E-state index >= 15 is 0 Å². The van der Waals surface area contributed by atoms with Crippen LogP contribution in [0.2, 0.25) is 0 Å². The van der Waals surface area contributed by atoms with Crippen molar-refractivity contribution in [1.29, 1.82) is 0 Å². The standard InChI is InChI=1S/C27H27N3O3S/c31-27(32)33-24-11-5-13-28-26(24)30-17-15-29(16-18-30)14-6-10-22-21-8-2-1-7-20(21)19-34-25-12-4-3-9-23(22)25/h1-5,7-13H,6,14-19H2,(H,31,32). The number of ether oxygens (including phenoxy) is 1. The molecule has 1 aromatic heterocycles. The number of thioether (sulfide) groups is 1. The number of anilines is 1. The fourth-order valence-electron chi connectivity index (χ4n) is 4.61. The minimum atomic E-state index is -1.32. The molecule has 0 unspecified atom stereocenters. The van der Waals surface area contributed by atoms with E-state index in [2.05, 4.69) is 69.4 Å². The first-order valence-corrected chi connectivity index (χ1v) is 12.5. The molecule has 0 radical (unpaired) electrons. The largest absolute Gasteiger partial charge is 0.511 e. The zero-order chi connectivity index (χ0) is 23.3. The van der Waals surface area contributed by atoms with E-state index < -0.39 is 6.16 Å². The zero-order valence-corrected chi connectivity index (χ0v) is 19.7. The van der Waals surface area contributed by atoms with Gasteiger partial charge in [0.05, 0.1) is 0 Å². The van der Waals surface area contributed by atoms with Crippen LogP contribution < -0.4 is 9.64 Å². The number of carbonyl (C=O) groups is 1. The molecule has 1 saturated heterocycles. The topological polar surface area (TPSA) is 65.9 Å². The van der Waals surface area contributed by atoms with E-state index in [0.29, 0.717) is 5.82 Å². The number of hydrogen-bond donors (Lipinski definition) is 1. The average Bonchev–Trinajstić information content (AvgIpc) is 3.02. The van der Waals surface area contributed by atoms with E-state index in [9.17, 15) is 4.79 Å². The first-order valence-electron chi connectivity index (χ1n) is 11.5. The van der Waals surface area contributed by atoms with Crippen molar-refractivity contribution in [3.8, 4) is 5.75 Å². The summed E-state index contributed by atoms with van der Waals surface area (Å²) < 4.78 is 4.91. The van der Waals surface area contributed by atoms with Gasteiger partial charge in [0.2, 0.25) is 0 Å². The Balaban J connectivity index is 1.26. The highest BCUT2D eigenvalue weighted by molar-refractivity contribution is 7.98. The minimum Gasteiger partial charge on any atom is -0.449 e. The predicted molar refractivity (Wildman–Crippen MR) is 136 cm³/mol. The summed E-state index contributed by atoms with van der Waals surface area (Å²) >= 11 is 1.91. The molecule has 0 aliphatic carbocycles. The first kappa shape index (κ1) is 22.5. The van der Waals surface area contributed by atoms with Crippen molar-refractivity contribution >= 4 is 29.3 Å². The molecule has 2 aliphatic rings. The number of piperazine rings is 1. The number of pyridine rings is 1. The molecule has 7 heteroatoms. The number of rotatable bonds is 5. The molecular weight excluding hydrogens is 446 g/mol. The van der Waals surface area contributed by atoms with Gasteiger partial charge in [0.1, 0.15) is 0 Å². The fourth-order valence-corrected chi connectivity index (χ4v) is 5.68. The maximum absolute atomic E-state index is 11.0. The van der Waals surface area contributed by atoms with Crippen molar-refractivity contribution in [2.75, 3.05) is 37.6 Å². The molecule has 0 saturated carbocycles. The number of hydrogen-bond acceptors (Lipinski definition) is 6. The van der Waals surface area contributed by atoms with Crippen molar-refractivity contribution in [3.05, 3.63) is 89.6 Å². The quantitative estimate of drug-likeness (QED) is 0.499. The van der Waals surface area contributed by atoms with Gasteiger partial charge in [-0.05, 0) is 46.9 Å². The second kappa shape index (κ2) is 10.3. The van der Waals surface area contributed by atoms with Crippen LogP contribution in [0, 0.1) is 0 Å². The van der Waals surface area contributed by atoms with E-state index in [1.807, 2.05) is 11.8 Å². The van der Waals surface area contributed by atoms with Crippen molar-refractivity contribution < 1.29 is 14.6 Å². The van der Waals surface area contributed by atoms with Crippen LogP contribution in [0.15, 0.2) is 77.8 Å². The molecule has 3 aromatic rings. The van der Waals surface area contributed by atoms with Crippen molar-refractivity contribution in [3.63, 3.8) is 0 Å². The number of fused-ring (bicyclic) bond motifs is 2. The van der Waals surface area contributed by atoms with E-state index in [0.717, 1.165) is 44.9 Å². The van der Waals surface area contributed by atoms with Crippen LogP contribution in [0.4, 0.5) is 10.6 Å². The second-order valence-electron chi connectivity index (χ2n) is 8.37. The minimum absolute atomic E-state index is 0.289. The molecule has 0 bridgehead atoms. The molecule has 0 spiro atoms. The molecule has 5 rings (SSSR count). The lowest BCUT2D eigenvalue weighted by atomic mass is 9.93. The molecule has 0 amide bonds. The summed E-state index contributed by atoms with van der Waals surface area (Å²) in [6.45, 7) is 4.35. The number of nitrogens with zero attached hydrogens (tertiary/aromatic N) is 3. The molecule has 3 heterocycles. The summed E-state index contributed by atoms with van der Waals surface area (Å²) in [5, 5.41) is 8.99. The molecule has 0 atom stereocenters. The van der Waals surface area contributed by atoms with Crippen LogP contribution in [-0.4, -0.2) is 53.9 Å². The fraction of sp³-hybridized carbons (Fsp3) is 0.259. The van der Waals surface area contributed by atoms with E-state index in [1.165, 1.54) is 27.2 Å². The van der Waals surface area contributed by atoms with Crippen molar-refractivity contribution in [2.45, 2.75) is 17.1 Å². The van der Waals surface area contributed by atoms with Crippen LogP contribution in [-0.2, 0) is 5.75 Å². The third kappa shape index (κ3) is 4.95. The first-order chi connectivity index (χ1) is 16.7. The summed E-state index contributed by atoms with van der Waals surface area (Å²) in [5.41, 5.74) is 5.38. The summed E-state index contributed by atoms with van der Waals surface area (Å²) in [7, 11) is 0. The van der Waals surface area contributed by atoms with Gasteiger partial charge in [0.15, 0.2) is 11.6 Å². The predicted octanol–water partition coefficient (Wildman–Crippen LogP) is 5.39. The smallest absolute Gasteiger partial charge is 0.449 e. The highest BCUT2D eigenvalue weighted by atomic mass is 32.2. The normalized spacial score (nSPS) is 17.1. The molecule has 2 aliphatic heterocycles. The van der Waals surface area contributed by atoms with Crippen LogP contribution >= 0.6 is 11.8 Å². The lowest BCUT2D eigenvalue weighted by molar-refractivity contribution is 0.144. The summed E-state index contributed by atoms with van der Waals surface area (Å²) in [6, 6.07) is 20.8. The van der Waals surface area contributed by atoms with E-state index in [-0.39, 0.29) is 5.75 Å². The zero-order valence-electron chi connectivity index (χ0n) is 18.9. The maximum Gasteiger partial charge on any atom is 0.511 e. The Morgan fingerprint density at radius 3 is 2.59 bits per heavy atom. The van der Waals surface area contributed by atoms with Gasteiger partial charge < -0.3 is 14.7 Å². The Morgan fingerprint density at radius 1 is 1.00 bits per heavy atom. The van der Waals surface area contributed by atoms with E-state index in [1.54, 1.807) is 18.3 Å². The van der Waals surface area contributed by atoms with Crippen LogP contribution in [0.25, 0.3) is 5.57 Å². The van der Waals surface area contributed by atoms with Crippen molar-refractivity contribution in [2.24, 2.45) is 0 Å². The number of aromatic nitrogens is 1. The Bertz CT molecular complexity index is 1160. The Morgan fingerprint density at radius 2 is 1.76 bits per heavy atom. The monoisotopic (exact) mass is 473 g/mol. The van der Waals surface area contributed by atoms with Crippen LogP contribution in [0.5, 0.6) is 5.75 Å². The van der Waals surface area contributed by atoms with Crippen LogP contribution in [0.1, 0.15) is 23.1 Å². The van der Waals surface area contributed by atoms with Crippen molar-refractivity contribution in [1.82, 2.24) is 9.88 Å². The molecular formula is C27H27N3O3S. The van der Waals surface area contributed by atoms with Gasteiger partial charge in [-0.15, -0.1) is 11.8 Å². The van der Waals surface area contributed by atoms with Gasteiger partial charge in [0, 0.05) is 49.6 Å². The summed E-state index contributed by atoms with van der Waals surface area (Å²) in [5.74, 6) is 1.88. The molecule has 34 heavy (non-hydrogen) atoms. The number of benzene rings is 2. The van der Waals surface area contributed by atoms with Gasteiger partial charge in [-0.25, -0.2) is 9.78 Å².